The van der Waals surface area contributed by atoms with Crippen molar-refractivity contribution in [2.75, 3.05) is 29.9 Å². The van der Waals surface area contributed by atoms with Crippen LogP contribution in [0.5, 0.6) is 0 Å². The minimum atomic E-state index is -3.60. The molecule has 2 heterocycles. The van der Waals surface area contributed by atoms with E-state index in [4.69, 9.17) is 4.74 Å². The molecule has 2 aliphatic heterocycles. The zero-order valence-electron chi connectivity index (χ0n) is 18.8. The van der Waals surface area contributed by atoms with Crippen molar-refractivity contribution in [1.29, 1.82) is 0 Å². The molecule has 1 amide bonds. The molecule has 8 heteroatoms. The summed E-state index contributed by atoms with van der Waals surface area (Å²) in [5, 5.41) is 2.90. The summed E-state index contributed by atoms with van der Waals surface area (Å²) >= 11 is 0. The van der Waals surface area contributed by atoms with E-state index < -0.39 is 10.0 Å². The number of carbonyl (C=O) groups is 1. The Kier molecular flexibility index (Phi) is 6.55. The lowest BCUT2D eigenvalue weighted by atomic mass is 9.96. The lowest BCUT2D eigenvalue weighted by molar-refractivity contribution is -0.115. The van der Waals surface area contributed by atoms with E-state index >= 15 is 0 Å². The second-order valence-corrected chi connectivity index (χ2v) is 10.7. The summed E-state index contributed by atoms with van der Waals surface area (Å²) in [5.41, 5.74) is 2.95. The van der Waals surface area contributed by atoms with E-state index in [1.54, 1.807) is 24.3 Å². The summed E-state index contributed by atoms with van der Waals surface area (Å²) in [6.45, 7) is 6.80. The molecule has 3 unspecified atom stereocenters. The number of nitrogens with zero attached hydrogens (tertiary/aromatic N) is 2. The average Bonchev–Trinajstić information content (AvgIpc) is 2.75. The fourth-order valence-corrected chi connectivity index (χ4v) is 6.13. The van der Waals surface area contributed by atoms with Crippen LogP contribution < -0.4 is 10.2 Å². The number of amides is 1. The highest BCUT2D eigenvalue weighted by Crippen LogP contribution is 2.30. The molecule has 3 atom stereocenters. The van der Waals surface area contributed by atoms with Gasteiger partial charge in [-0.1, -0.05) is 18.2 Å². The molecule has 4 rings (SSSR count). The highest BCUT2D eigenvalue weighted by atomic mass is 32.2. The monoisotopic (exact) mass is 457 g/mol. The van der Waals surface area contributed by atoms with Crippen molar-refractivity contribution in [3.8, 4) is 0 Å². The normalized spacial score (nSPS) is 24.1. The van der Waals surface area contributed by atoms with E-state index in [2.05, 4.69) is 29.3 Å². The fraction of sp³-hybridized carbons (Fsp3) is 0.458. The third-order valence-electron chi connectivity index (χ3n) is 6.14. The first-order valence-corrected chi connectivity index (χ1v) is 12.6. The average molecular weight is 458 g/mol. The van der Waals surface area contributed by atoms with Gasteiger partial charge in [0.05, 0.1) is 23.6 Å². The van der Waals surface area contributed by atoms with Gasteiger partial charge in [0.15, 0.2) is 0 Å². The Balaban J connectivity index is 1.42. The number of rotatable bonds is 5. The quantitative estimate of drug-likeness (QED) is 0.746. The van der Waals surface area contributed by atoms with Crippen LogP contribution in [-0.4, -0.2) is 56.5 Å². The van der Waals surface area contributed by atoms with Gasteiger partial charge in [-0.15, -0.1) is 0 Å². The van der Waals surface area contributed by atoms with Gasteiger partial charge < -0.3 is 15.0 Å². The fourth-order valence-electron chi connectivity index (χ4n) is 4.54. The predicted molar refractivity (Wildman–Crippen MR) is 125 cm³/mol. The van der Waals surface area contributed by atoms with Crippen LogP contribution >= 0.6 is 0 Å². The van der Waals surface area contributed by atoms with Gasteiger partial charge in [0.1, 0.15) is 0 Å². The Morgan fingerprint density at radius 2 is 1.69 bits per heavy atom. The van der Waals surface area contributed by atoms with Crippen LogP contribution in [0, 0.1) is 0 Å². The molecule has 2 aromatic carbocycles. The van der Waals surface area contributed by atoms with Gasteiger partial charge in [-0.05, 0) is 69.5 Å². The molecule has 32 heavy (non-hydrogen) atoms. The largest absolute Gasteiger partial charge is 0.373 e. The van der Waals surface area contributed by atoms with Gasteiger partial charge in [-0.3, -0.25) is 4.79 Å². The zero-order chi connectivity index (χ0) is 22.9. The van der Waals surface area contributed by atoms with Crippen LogP contribution in [0.2, 0.25) is 0 Å². The number of aryl methyl sites for hydroxylation is 1. The van der Waals surface area contributed by atoms with Crippen molar-refractivity contribution in [3.63, 3.8) is 0 Å². The van der Waals surface area contributed by atoms with Crippen LogP contribution in [0.4, 0.5) is 11.4 Å². The second-order valence-electron chi connectivity index (χ2n) is 8.80. The molecule has 1 N–H and O–H groups in total. The standard InChI is InChI=1S/C24H31N3O4S/c1-17-8-9-20-6-4-5-7-23(20)27(17)16-24(28)25-21-10-12-22(13-11-21)32(29,30)26-14-18(2)31-19(3)15-26/h4-7,10-13,17-19H,8-9,14-16H2,1-3H3,(H,25,28). The van der Waals surface area contributed by atoms with Crippen LogP contribution in [0.3, 0.4) is 0 Å². The zero-order valence-corrected chi connectivity index (χ0v) is 19.6. The number of sulfonamides is 1. The lowest BCUT2D eigenvalue weighted by Crippen LogP contribution is -2.48. The van der Waals surface area contributed by atoms with Crippen molar-refractivity contribution < 1.29 is 17.9 Å². The Morgan fingerprint density at radius 3 is 2.38 bits per heavy atom. The number of benzene rings is 2. The summed E-state index contributed by atoms with van der Waals surface area (Å²) in [4.78, 5) is 15.1. The molecule has 2 aliphatic rings. The van der Waals surface area contributed by atoms with E-state index in [9.17, 15) is 13.2 Å². The molecule has 0 saturated carbocycles. The van der Waals surface area contributed by atoms with E-state index in [1.807, 2.05) is 26.0 Å². The summed E-state index contributed by atoms with van der Waals surface area (Å²) in [6, 6.07) is 14.9. The molecule has 0 aliphatic carbocycles. The van der Waals surface area contributed by atoms with Crippen molar-refractivity contribution in [1.82, 2.24) is 4.31 Å². The maximum Gasteiger partial charge on any atom is 0.243 e. The number of anilines is 2. The van der Waals surface area contributed by atoms with Crippen LogP contribution in [-0.2, 0) is 26.0 Å². The van der Waals surface area contributed by atoms with Crippen LogP contribution in [0.15, 0.2) is 53.4 Å². The molecule has 0 spiro atoms. The Bertz CT molecular complexity index is 1060. The number of morpholine rings is 1. The molecule has 0 aromatic heterocycles. The lowest BCUT2D eigenvalue weighted by Gasteiger charge is -2.36. The van der Waals surface area contributed by atoms with Gasteiger partial charge in [0, 0.05) is 30.5 Å². The SMILES string of the molecule is CC1CN(S(=O)(=O)c2ccc(NC(=O)CN3c4ccccc4CCC3C)cc2)CC(C)O1. The van der Waals surface area contributed by atoms with E-state index in [0.717, 1.165) is 18.5 Å². The highest BCUT2D eigenvalue weighted by molar-refractivity contribution is 7.89. The van der Waals surface area contributed by atoms with Crippen LogP contribution in [0.25, 0.3) is 0 Å². The van der Waals surface area contributed by atoms with E-state index in [-0.39, 0.29) is 35.6 Å². The third-order valence-corrected chi connectivity index (χ3v) is 7.99. The van der Waals surface area contributed by atoms with Gasteiger partial charge in [-0.2, -0.15) is 4.31 Å². The summed E-state index contributed by atoms with van der Waals surface area (Å²) < 4.78 is 33.1. The molecule has 0 bridgehead atoms. The van der Waals surface area contributed by atoms with Crippen LogP contribution in [0.1, 0.15) is 32.8 Å². The first kappa shape index (κ1) is 22.8. The molecule has 2 aromatic rings. The minimum Gasteiger partial charge on any atom is -0.373 e. The van der Waals surface area contributed by atoms with E-state index in [1.165, 1.54) is 9.87 Å². The first-order valence-electron chi connectivity index (χ1n) is 11.1. The molecular weight excluding hydrogens is 426 g/mol. The summed E-state index contributed by atoms with van der Waals surface area (Å²) in [5.74, 6) is -0.125. The van der Waals surface area contributed by atoms with E-state index in [0.29, 0.717) is 18.8 Å². The third kappa shape index (κ3) is 4.82. The number of fused-ring (bicyclic) bond motifs is 1. The van der Waals surface area contributed by atoms with Gasteiger partial charge in [0.2, 0.25) is 15.9 Å². The van der Waals surface area contributed by atoms with Gasteiger partial charge >= 0.3 is 0 Å². The second kappa shape index (κ2) is 9.21. The number of hydrogen-bond donors (Lipinski definition) is 1. The molecular formula is C24H31N3O4S. The van der Waals surface area contributed by atoms with Crippen molar-refractivity contribution in [3.05, 3.63) is 54.1 Å². The number of ether oxygens (including phenoxy) is 1. The molecule has 0 radical (unpaired) electrons. The molecule has 172 valence electrons. The summed E-state index contributed by atoms with van der Waals surface area (Å²) in [6.07, 6.45) is 1.74. The Hall–Kier alpha value is -2.42. The van der Waals surface area contributed by atoms with Crippen molar-refractivity contribution in [2.24, 2.45) is 0 Å². The maximum absolute atomic E-state index is 13.0. The van der Waals surface area contributed by atoms with Gasteiger partial charge in [0.25, 0.3) is 0 Å². The minimum absolute atomic E-state index is 0.125. The highest BCUT2D eigenvalue weighted by Gasteiger charge is 2.32. The summed E-state index contributed by atoms with van der Waals surface area (Å²) in [7, 11) is -3.60. The Labute approximate surface area is 190 Å². The number of carbonyl (C=O) groups excluding carboxylic acids is 1. The van der Waals surface area contributed by atoms with Gasteiger partial charge in [-0.25, -0.2) is 8.42 Å². The van der Waals surface area contributed by atoms with Crippen molar-refractivity contribution >= 4 is 27.3 Å². The number of nitrogens with one attached hydrogen (secondary N) is 1. The molecule has 1 saturated heterocycles. The number of para-hydroxylation sites is 1. The first-order chi connectivity index (χ1) is 15.2. The topological polar surface area (TPSA) is 79.0 Å². The number of hydrogen-bond acceptors (Lipinski definition) is 5. The predicted octanol–water partition coefficient (Wildman–Crippen LogP) is 3.26. The molecule has 1 fully saturated rings. The molecule has 7 nitrogen and oxygen atoms in total. The van der Waals surface area contributed by atoms with Crippen molar-refractivity contribution in [2.45, 2.75) is 56.8 Å². The maximum atomic E-state index is 13.0. The smallest absolute Gasteiger partial charge is 0.243 e. The Morgan fingerprint density at radius 1 is 1.03 bits per heavy atom.